The standard InChI is InChI=1S/C23H28N4O2S/c1-14-7-16-12-27(13-17(8-14)18(16)10-21(28)29-2)11-15-3-4-20-19(9-15)26-22-23(30-20)25-6-5-24-22/h3-6,9,14,16-18H,7-8,10-13H2,1-2H3,(H,24,26). The van der Waals surface area contributed by atoms with Crippen LogP contribution in [0.15, 0.2) is 40.5 Å². The topological polar surface area (TPSA) is 67.3 Å². The number of piperidine rings is 1. The van der Waals surface area contributed by atoms with Gasteiger partial charge in [0.15, 0.2) is 5.82 Å². The molecular weight excluding hydrogens is 396 g/mol. The van der Waals surface area contributed by atoms with E-state index in [1.807, 2.05) is 0 Å². The molecule has 0 radical (unpaired) electrons. The molecule has 2 aliphatic heterocycles. The minimum absolute atomic E-state index is 0.0559. The third-order valence-corrected chi connectivity index (χ3v) is 7.88. The van der Waals surface area contributed by atoms with E-state index in [1.54, 1.807) is 24.2 Å². The number of hydrogen-bond donors (Lipinski definition) is 1. The van der Waals surface area contributed by atoms with E-state index in [4.69, 9.17) is 4.74 Å². The van der Waals surface area contributed by atoms with Gasteiger partial charge >= 0.3 is 5.97 Å². The summed E-state index contributed by atoms with van der Waals surface area (Å²) >= 11 is 1.67. The molecule has 0 spiro atoms. The van der Waals surface area contributed by atoms with Crippen molar-refractivity contribution in [3.8, 4) is 0 Å². The van der Waals surface area contributed by atoms with Gasteiger partial charge in [-0.2, -0.15) is 0 Å². The fraction of sp³-hybridized carbons (Fsp3) is 0.522. The van der Waals surface area contributed by atoms with Gasteiger partial charge in [0.1, 0.15) is 5.03 Å². The van der Waals surface area contributed by atoms with E-state index < -0.39 is 0 Å². The Hall–Kier alpha value is -2.12. The highest BCUT2D eigenvalue weighted by molar-refractivity contribution is 7.99. The van der Waals surface area contributed by atoms with Crippen molar-refractivity contribution < 1.29 is 9.53 Å². The molecular formula is C23H28N4O2S. The number of hydrogen-bond acceptors (Lipinski definition) is 7. The van der Waals surface area contributed by atoms with Crippen LogP contribution >= 0.6 is 11.8 Å². The number of esters is 1. The predicted octanol–water partition coefficient (Wildman–Crippen LogP) is 4.34. The van der Waals surface area contributed by atoms with Gasteiger partial charge in [-0.3, -0.25) is 9.69 Å². The number of carbonyl (C=O) groups excluding carboxylic acids is 1. The van der Waals surface area contributed by atoms with Crippen molar-refractivity contribution in [1.29, 1.82) is 0 Å². The summed E-state index contributed by atoms with van der Waals surface area (Å²) in [6.07, 6.45) is 6.46. The maximum atomic E-state index is 11.9. The van der Waals surface area contributed by atoms with E-state index in [1.165, 1.54) is 30.4 Å². The van der Waals surface area contributed by atoms with Gasteiger partial charge in [0.25, 0.3) is 0 Å². The lowest BCUT2D eigenvalue weighted by Gasteiger charge is -2.49. The molecule has 2 atom stereocenters. The maximum absolute atomic E-state index is 11.9. The Kier molecular flexibility index (Phi) is 5.41. The van der Waals surface area contributed by atoms with Gasteiger partial charge in [-0.1, -0.05) is 24.8 Å². The molecule has 1 aromatic carbocycles. The first kappa shape index (κ1) is 19.8. The number of nitrogens with one attached hydrogen (secondary N) is 1. The third-order valence-electron chi connectivity index (χ3n) is 6.81. The summed E-state index contributed by atoms with van der Waals surface area (Å²) in [5.41, 5.74) is 2.42. The Morgan fingerprint density at radius 2 is 2.00 bits per heavy atom. The van der Waals surface area contributed by atoms with Crippen LogP contribution in [0.5, 0.6) is 0 Å². The van der Waals surface area contributed by atoms with Gasteiger partial charge in [0.05, 0.1) is 12.8 Å². The first-order chi connectivity index (χ1) is 14.6. The lowest BCUT2D eigenvalue weighted by atomic mass is 9.64. The minimum atomic E-state index is -0.0559. The third kappa shape index (κ3) is 3.93. The number of ether oxygens (including phenoxy) is 1. The number of fused-ring (bicyclic) bond motifs is 4. The van der Waals surface area contributed by atoms with Crippen LogP contribution in [-0.4, -0.2) is 41.0 Å². The fourth-order valence-electron chi connectivity index (χ4n) is 5.60. The van der Waals surface area contributed by atoms with Crippen molar-refractivity contribution in [2.75, 3.05) is 25.5 Å². The van der Waals surface area contributed by atoms with Crippen LogP contribution < -0.4 is 5.32 Å². The highest BCUT2D eigenvalue weighted by atomic mass is 32.2. The molecule has 2 bridgehead atoms. The van der Waals surface area contributed by atoms with Crippen molar-refractivity contribution in [2.45, 2.75) is 42.7 Å². The van der Waals surface area contributed by atoms with Crippen LogP contribution in [0, 0.1) is 23.7 Å². The van der Waals surface area contributed by atoms with Crippen LogP contribution in [0.3, 0.4) is 0 Å². The summed E-state index contributed by atoms with van der Waals surface area (Å²) < 4.78 is 4.97. The number of anilines is 2. The SMILES string of the molecule is COC(=O)CC1C2CC(C)CC1CN(Cc1ccc3c(c1)Nc1nccnc1S3)C2. The summed E-state index contributed by atoms with van der Waals surface area (Å²) in [6, 6.07) is 6.67. The Balaban J connectivity index is 1.29. The monoisotopic (exact) mass is 424 g/mol. The molecule has 1 aromatic heterocycles. The van der Waals surface area contributed by atoms with Crippen LogP contribution in [0.25, 0.3) is 0 Å². The number of likely N-dealkylation sites (tertiary alicyclic amines) is 1. The van der Waals surface area contributed by atoms with Gasteiger partial charge in [-0.05, 0) is 54.2 Å². The Morgan fingerprint density at radius 3 is 2.77 bits per heavy atom. The Morgan fingerprint density at radius 1 is 1.23 bits per heavy atom. The molecule has 3 aliphatic rings. The number of methoxy groups -OCH3 is 1. The first-order valence-corrected chi connectivity index (χ1v) is 11.6. The normalized spacial score (nSPS) is 27.5. The van der Waals surface area contributed by atoms with Crippen LogP contribution in [0.2, 0.25) is 0 Å². The Bertz CT molecular complexity index is 937. The van der Waals surface area contributed by atoms with Crippen LogP contribution in [0.4, 0.5) is 11.5 Å². The minimum Gasteiger partial charge on any atom is -0.469 e. The van der Waals surface area contributed by atoms with E-state index in [2.05, 4.69) is 45.3 Å². The molecule has 1 N–H and O–H groups in total. The maximum Gasteiger partial charge on any atom is 0.305 e. The quantitative estimate of drug-likeness (QED) is 0.625. The van der Waals surface area contributed by atoms with Crippen molar-refractivity contribution in [3.05, 3.63) is 36.2 Å². The number of aromatic nitrogens is 2. The van der Waals surface area contributed by atoms with Gasteiger partial charge in [0.2, 0.25) is 0 Å². The zero-order chi connectivity index (χ0) is 20.7. The van der Waals surface area contributed by atoms with Gasteiger partial charge in [-0.25, -0.2) is 9.97 Å². The summed E-state index contributed by atoms with van der Waals surface area (Å²) in [4.78, 5) is 24.5. The van der Waals surface area contributed by atoms with Gasteiger partial charge < -0.3 is 10.1 Å². The average molecular weight is 425 g/mol. The Labute approximate surface area is 181 Å². The molecule has 5 rings (SSSR count). The molecule has 6 nitrogen and oxygen atoms in total. The number of carbonyl (C=O) groups is 1. The molecule has 1 saturated heterocycles. The molecule has 7 heteroatoms. The zero-order valence-electron chi connectivity index (χ0n) is 17.5. The lowest BCUT2D eigenvalue weighted by Crippen LogP contribution is -2.50. The van der Waals surface area contributed by atoms with Gasteiger partial charge in [-0.15, -0.1) is 0 Å². The summed E-state index contributed by atoms with van der Waals surface area (Å²) in [6.45, 7) is 5.43. The molecule has 0 amide bonds. The molecule has 1 saturated carbocycles. The second-order valence-electron chi connectivity index (χ2n) is 9.00. The second kappa shape index (κ2) is 8.19. The molecule has 158 valence electrons. The largest absolute Gasteiger partial charge is 0.469 e. The fourth-order valence-corrected chi connectivity index (χ4v) is 6.48. The van der Waals surface area contributed by atoms with E-state index in [0.29, 0.717) is 24.2 Å². The number of rotatable bonds is 4. The predicted molar refractivity (Wildman–Crippen MR) is 117 cm³/mol. The van der Waals surface area contributed by atoms with E-state index >= 15 is 0 Å². The molecule has 3 heterocycles. The first-order valence-electron chi connectivity index (χ1n) is 10.8. The molecule has 2 aromatic rings. The average Bonchev–Trinajstić information content (AvgIpc) is 2.73. The summed E-state index contributed by atoms with van der Waals surface area (Å²) in [7, 11) is 1.50. The van der Waals surface area contributed by atoms with E-state index in [0.717, 1.165) is 42.1 Å². The van der Waals surface area contributed by atoms with Crippen molar-refractivity contribution in [3.63, 3.8) is 0 Å². The number of nitrogens with zero attached hydrogens (tertiary/aromatic N) is 3. The second-order valence-corrected chi connectivity index (χ2v) is 10.0. The van der Waals surface area contributed by atoms with Crippen molar-refractivity contribution in [1.82, 2.24) is 14.9 Å². The zero-order valence-corrected chi connectivity index (χ0v) is 18.3. The van der Waals surface area contributed by atoms with E-state index in [-0.39, 0.29) is 5.97 Å². The molecule has 30 heavy (non-hydrogen) atoms. The van der Waals surface area contributed by atoms with E-state index in [9.17, 15) is 4.79 Å². The number of benzene rings is 1. The molecule has 1 aliphatic carbocycles. The summed E-state index contributed by atoms with van der Waals surface area (Å²) in [5, 5.41) is 4.36. The molecule has 2 fully saturated rings. The van der Waals surface area contributed by atoms with Crippen molar-refractivity contribution >= 4 is 29.2 Å². The highest BCUT2D eigenvalue weighted by Crippen LogP contribution is 2.45. The smallest absolute Gasteiger partial charge is 0.305 e. The van der Waals surface area contributed by atoms with Crippen LogP contribution in [-0.2, 0) is 16.1 Å². The molecule has 2 unspecified atom stereocenters. The highest BCUT2D eigenvalue weighted by Gasteiger charge is 2.42. The van der Waals surface area contributed by atoms with Gasteiger partial charge in [0, 0.05) is 43.3 Å². The lowest BCUT2D eigenvalue weighted by molar-refractivity contribution is -0.144. The van der Waals surface area contributed by atoms with Crippen LogP contribution in [0.1, 0.15) is 31.7 Å². The van der Waals surface area contributed by atoms with Crippen molar-refractivity contribution in [2.24, 2.45) is 23.7 Å². The summed E-state index contributed by atoms with van der Waals surface area (Å²) in [5.74, 6) is 3.17.